The molecule has 0 unspecified atom stereocenters. The molecule has 0 saturated heterocycles. The van der Waals surface area contributed by atoms with E-state index in [9.17, 15) is 0 Å². The van der Waals surface area contributed by atoms with Crippen LogP contribution in [0, 0.1) is 12.8 Å². The van der Waals surface area contributed by atoms with E-state index in [1.54, 1.807) is 0 Å². The summed E-state index contributed by atoms with van der Waals surface area (Å²) in [5.74, 6) is 1.13. The number of hydrogen-bond acceptors (Lipinski definition) is 0. The Morgan fingerprint density at radius 2 is 2.00 bits per heavy atom. The molecule has 0 aromatic rings. The van der Waals surface area contributed by atoms with Crippen molar-refractivity contribution >= 4 is 0 Å². The first-order chi connectivity index (χ1) is 3.93. The lowest BCUT2D eigenvalue weighted by Crippen LogP contribution is -1.75. The molecular formula is C8H15. The second-order valence-corrected chi connectivity index (χ2v) is 2.79. The Labute approximate surface area is 52.3 Å². The van der Waals surface area contributed by atoms with Crippen molar-refractivity contribution in [2.24, 2.45) is 5.92 Å². The highest BCUT2D eigenvalue weighted by molar-refractivity contribution is 4.72. The van der Waals surface area contributed by atoms with Crippen LogP contribution in [-0.4, -0.2) is 0 Å². The highest BCUT2D eigenvalue weighted by Crippen LogP contribution is 2.33. The van der Waals surface area contributed by atoms with Gasteiger partial charge in [0.25, 0.3) is 0 Å². The average molecular weight is 111 g/mol. The van der Waals surface area contributed by atoms with Crippen molar-refractivity contribution in [3.63, 3.8) is 0 Å². The van der Waals surface area contributed by atoms with Crippen LogP contribution >= 0.6 is 0 Å². The number of rotatable bonds is 4. The Kier molecular flexibility index (Phi) is 2.38. The molecule has 1 rings (SSSR count). The summed E-state index contributed by atoms with van der Waals surface area (Å²) >= 11 is 0. The summed E-state index contributed by atoms with van der Waals surface area (Å²) in [6.45, 7) is 3.80. The summed E-state index contributed by atoms with van der Waals surface area (Å²) < 4.78 is 0. The summed E-state index contributed by atoms with van der Waals surface area (Å²) in [6, 6.07) is 0. The molecule has 0 nitrogen and oxygen atoms in total. The van der Waals surface area contributed by atoms with Gasteiger partial charge in [0.05, 0.1) is 0 Å². The van der Waals surface area contributed by atoms with Crippen LogP contribution in [0.1, 0.15) is 38.5 Å². The van der Waals surface area contributed by atoms with Crippen molar-refractivity contribution in [1.82, 2.24) is 0 Å². The molecule has 1 aliphatic carbocycles. The van der Waals surface area contributed by atoms with Crippen molar-refractivity contribution in [1.29, 1.82) is 0 Å². The van der Waals surface area contributed by atoms with Gasteiger partial charge in [0.1, 0.15) is 0 Å². The third-order valence-electron chi connectivity index (χ3n) is 1.81. The summed E-state index contributed by atoms with van der Waals surface area (Å²) in [5.41, 5.74) is 0. The fourth-order valence-corrected chi connectivity index (χ4v) is 1.02. The van der Waals surface area contributed by atoms with E-state index in [1.165, 1.54) is 32.1 Å². The predicted molar refractivity (Wildman–Crippen MR) is 36.5 cm³/mol. The van der Waals surface area contributed by atoms with Crippen LogP contribution in [0.3, 0.4) is 0 Å². The van der Waals surface area contributed by atoms with Crippen LogP contribution in [-0.2, 0) is 0 Å². The highest BCUT2D eigenvalue weighted by Gasteiger charge is 2.19. The molecule has 0 N–H and O–H groups in total. The van der Waals surface area contributed by atoms with E-state index < -0.39 is 0 Å². The van der Waals surface area contributed by atoms with Crippen LogP contribution in [0.2, 0.25) is 0 Å². The van der Waals surface area contributed by atoms with Gasteiger partial charge in [0.15, 0.2) is 0 Å². The summed E-state index contributed by atoms with van der Waals surface area (Å²) in [5, 5.41) is 0. The van der Waals surface area contributed by atoms with Gasteiger partial charge in [-0.15, -0.1) is 0 Å². The lowest BCUT2D eigenvalue weighted by Gasteiger charge is -1.92. The first-order valence-electron chi connectivity index (χ1n) is 3.72. The molecule has 1 radical (unpaired) electrons. The van der Waals surface area contributed by atoms with Crippen molar-refractivity contribution < 1.29 is 0 Å². The Morgan fingerprint density at radius 1 is 1.25 bits per heavy atom. The Morgan fingerprint density at radius 3 is 2.50 bits per heavy atom. The molecule has 0 atom stereocenters. The molecule has 1 aliphatic rings. The molecule has 0 spiro atoms. The highest BCUT2D eigenvalue weighted by atomic mass is 14.2. The third-order valence-corrected chi connectivity index (χ3v) is 1.81. The van der Waals surface area contributed by atoms with Gasteiger partial charge in [-0.2, -0.15) is 0 Å². The maximum atomic E-state index is 3.80. The zero-order valence-corrected chi connectivity index (χ0v) is 5.53. The van der Waals surface area contributed by atoms with Crippen LogP contribution in [0.25, 0.3) is 0 Å². The first-order valence-corrected chi connectivity index (χ1v) is 3.72. The van der Waals surface area contributed by atoms with Gasteiger partial charge < -0.3 is 0 Å². The quantitative estimate of drug-likeness (QED) is 0.489. The zero-order chi connectivity index (χ0) is 5.82. The van der Waals surface area contributed by atoms with E-state index >= 15 is 0 Å². The molecule has 0 heteroatoms. The number of unbranched alkanes of at least 4 members (excludes halogenated alkanes) is 2. The minimum atomic E-state index is 1.13. The topological polar surface area (TPSA) is 0 Å². The van der Waals surface area contributed by atoms with Gasteiger partial charge in [-0.25, -0.2) is 0 Å². The van der Waals surface area contributed by atoms with E-state index in [1.807, 2.05) is 0 Å². The van der Waals surface area contributed by atoms with Crippen molar-refractivity contribution in [3.05, 3.63) is 6.92 Å². The largest absolute Gasteiger partial charge is 0.0533 e. The second-order valence-electron chi connectivity index (χ2n) is 2.79. The standard InChI is InChI=1S/C8H15/c1-2-3-4-5-8-6-7-8/h8H,1-7H2. The molecule has 0 aliphatic heterocycles. The number of hydrogen-bond donors (Lipinski definition) is 0. The third kappa shape index (κ3) is 2.34. The van der Waals surface area contributed by atoms with Gasteiger partial charge in [0, 0.05) is 0 Å². The van der Waals surface area contributed by atoms with Crippen LogP contribution in [0.15, 0.2) is 0 Å². The minimum Gasteiger partial charge on any atom is -0.0533 e. The average Bonchev–Trinajstić information content (AvgIpc) is 2.51. The normalized spacial score (nSPS) is 19.1. The molecular weight excluding hydrogens is 96.1 g/mol. The molecule has 8 heavy (non-hydrogen) atoms. The van der Waals surface area contributed by atoms with E-state index in [0.29, 0.717) is 0 Å². The van der Waals surface area contributed by atoms with E-state index in [4.69, 9.17) is 0 Å². The van der Waals surface area contributed by atoms with Gasteiger partial charge in [-0.1, -0.05) is 45.4 Å². The fourth-order valence-electron chi connectivity index (χ4n) is 1.02. The van der Waals surface area contributed by atoms with E-state index in [-0.39, 0.29) is 0 Å². The lowest BCUT2D eigenvalue weighted by atomic mass is 10.1. The molecule has 1 saturated carbocycles. The Balaban J connectivity index is 1.74. The van der Waals surface area contributed by atoms with Crippen molar-refractivity contribution in [2.45, 2.75) is 38.5 Å². The molecule has 0 aromatic heterocycles. The maximum absolute atomic E-state index is 3.80. The monoisotopic (exact) mass is 111 g/mol. The van der Waals surface area contributed by atoms with Crippen LogP contribution in [0.5, 0.6) is 0 Å². The lowest BCUT2D eigenvalue weighted by molar-refractivity contribution is 0.633. The van der Waals surface area contributed by atoms with E-state index in [0.717, 1.165) is 12.3 Å². The van der Waals surface area contributed by atoms with Crippen LogP contribution < -0.4 is 0 Å². The minimum absolute atomic E-state index is 1.13. The molecule has 0 aromatic carbocycles. The fraction of sp³-hybridized carbons (Fsp3) is 0.875. The Bertz CT molecular complexity index is 53.1. The zero-order valence-electron chi connectivity index (χ0n) is 5.53. The summed E-state index contributed by atoms with van der Waals surface area (Å²) in [4.78, 5) is 0. The summed E-state index contributed by atoms with van der Waals surface area (Å²) in [7, 11) is 0. The molecule has 0 bridgehead atoms. The van der Waals surface area contributed by atoms with Gasteiger partial charge >= 0.3 is 0 Å². The van der Waals surface area contributed by atoms with Crippen molar-refractivity contribution in [2.75, 3.05) is 0 Å². The van der Waals surface area contributed by atoms with Gasteiger partial charge in [0.2, 0.25) is 0 Å². The SMILES string of the molecule is [CH2]CCCCC1CC1. The molecule has 0 heterocycles. The van der Waals surface area contributed by atoms with E-state index in [2.05, 4.69) is 6.92 Å². The molecule has 0 amide bonds. The second kappa shape index (κ2) is 3.11. The van der Waals surface area contributed by atoms with Crippen molar-refractivity contribution in [3.8, 4) is 0 Å². The van der Waals surface area contributed by atoms with Gasteiger partial charge in [-0.3, -0.25) is 0 Å². The smallest absolute Gasteiger partial charge is 0.0414 e. The predicted octanol–water partition coefficient (Wildman–Crippen LogP) is 2.79. The molecule has 1 fully saturated rings. The summed E-state index contributed by atoms with van der Waals surface area (Å²) in [6.07, 6.45) is 8.40. The van der Waals surface area contributed by atoms with Gasteiger partial charge in [-0.05, 0) is 5.92 Å². The van der Waals surface area contributed by atoms with Crippen LogP contribution in [0.4, 0.5) is 0 Å². The molecule has 47 valence electrons. The maximum Gasteiger partial charge on any atom is -0.0414 e. The Hall–Kier alpha value is 0. The first kappa shape index (κ1) is 6.12.